The molecule has 0 saturated heterocycles. The second kappa shape index (κ2) is 6.37. The van der Waals surface area contributed by atoms with Gasteiger partial charge in [-0.2, -0.15) is 0 Å². The van der Waals surface area contributed by atoms with E-state index < -0.39 is 0 Å². The van der Waals surface area contributed by atoms with Crippen LogP contribution < -0.4 is 5.56 Å². The van der Waals surface area contributed by atoms with E-state index in [0.29, 0.717) is 15.7 Å². The summed E-state index contributed by atoms with van der Waals surface area (Å²) in [5.74, 6) is -0.114. The molecule has 0 atom stereocenters. The van der Waals surface area contributed by atoms with Crippen LogP contribution in [-0.4, -0.2) is 21.6 Å². The lowest BCUT2D eigenvalue weighted by molar-refractivity contribution is 0.0970. The predicted octanol–water partition coefficient (Wildman–Crippen LogP) is 2.92. The summed E-state index contributed by atoms with van der Waals surface area (Å²) in [7, 11) is 0. The Bertz CT molecular complexity index is 695. The summed E-state index contributed by atoms with van der Waals surface area (Å²) < 4.78 is 1.70. The van der Waals surface area contributed by atoms with Crippen molar-refractivity contribution >= 4 is 33.5 Å². The van der Waals surface area contributed by atoms with Gasteiger partial charge in [0.05, 0.1) is 18.6 Å². The van der Waals surface area contributed by atoms with E-state index in [1.165, 1.54) is 10.9 Å². The SMILES string of the molecule is CSc1ccc(C(=O)Cn2cnc(C)c(Br)c2=O)cc1. The van der Waals surface area contributed by atoms with E-state index in [0.717, 1.165) is 4.90 Å². The van der Waals surface area contributed by atoms with Gasteiger partial charge in [0.2, 0.25) is 0 Å². The minimum atomic E-state index is -0.244. The highest BCUT2D eigenvalue weighted by Crippen LogP contribution is 2.15. The monoisotopic (exact) mass is 352 g/mol. The van der Waals surface area contributed by atoms with Gasteiger partial charge in [0.25, 0.3) is 5.56 Å². The first-order valence-corrected chi connectivity index (χ1v) is 7.93. The fraction of sp³-hybridized carbons (Fsp3) is 0.214. The van der Waals surface area contributed by atoms with Crippen LogP contribution in [0.3, 0.4) is 0 Å². The van der Waals surface area contributed by atoms with E-state index in [2.05, 4.69) is 20.9 Å². The molecule has 4 nitrogen and oxygen atoms in total. The maximum Gasteiger partial charge on any atom is 0.268 e. The van der Waals surface area contributed by atoms with Gasteiger partial charge in [-0.15, -0.1) is 11.8 Å². The second-order valence-electron chi connectivity index (χ2n) is 4.23. The highest BCUT2D eigenvalue weighted by atomic mass is 79.9. The van der Waals surface area contributed by atoms with Crippen LogP contribution in [0.4, 0.5) is 0 Å². The van der Waals surface area contributed by atoms with E-state index in [9.17, 15) is 9.59 Å². The van der Waals surface area contributed by atoms with E-state index >= 15 is 0 Å². The molecule has 0 saturated carbocycles. The number of carbonyl (C=O) groups excluding carboxylic acids is 1. The Hall–Kier alpha value is -1.40. The summed E-state index contributed by atoms with van der Waals surface area (Å²) in [6.45, 7) is 1.72. The molecule has 0 spiro atoms. The number of hydrogen-bond acceptors (Lipinski definition) is 4. The van der Waals surface area contributed by atoms with Gasteiger partial charge < -0.3 is 0 Å². The van der Waals surface area contributed by atoms with Gasteiger partial charge >= 0.3 is 0 Å². The first kappa shape index (κ1) is 15.0. The van der Waals surface area contributed by atoms with Gasteiger partial charge in [-0.3, -0.25) is 14.2 Å². The first-order chi connectivity index (χ1) is 9.52. The van der Waals surface area contributed by atoms with Gasteiger partial charge in [-0.25, -0.2) is 4.98 Å². The molecule has 6 heteroatoms. The zero-order chi connectivity index (χ0) is 14.7. The summed E-state index contributed by atoms with van der Waals surface area (Å²) >= 11 is 4.80. The highest BCUT2D eigenvalue weighted by molar-refractivity contribution is 9.10. The molecule has 1 aromatic carbocycles. The Morgan fingerprint density at radius 1 is 1.35 bits per heavy atom. The van der Waals surface area contributed by atoms with Crippen LogP contribution in [-0.2, 0) is 6.54 Å². The molecule has 0 bridgehead atoms. The molecule has 2 aromatic rings. The standard InChI is InChI=1S/C14H13BrN2O2S/c1-9-13(15)14(19)17(8-16-9)7-12(18)10-3-5-11(20-2)6-4-10/h3-6,8H,7H2,1-2H3. The molecule has 1 aromatic heterocycles. The second-order valence-corrected chi connectivity index (χ2v) is 5.90. The Morgan fingerprint density at radius 3 is 2.60 bits per heavy atom. The van der Waals surface area contributed by atoms with Crippen molar-refractivity contribution in [1.82, 2.24) is 9.55 Å². The minimum Gasteiger partial charge on any atom is -0.292 e. The van der Waals surface area contributed by atoms with E-state index in [4.69, 9.17) is 0 Å². The van der Waals surface area contributed by atoms with Crippen molar-refractivity contribution in [3.63, 3.8) is 0 Å². The number of carbonyl (C=O) groups is 1. The average Bonchev–Trinajstić information content (AvgIpc) is 2.48. The fourth-order valence-electron chi connectivity index (χ4n) is 1.68. The smallest absolute Gasteiger partial charge is 0.268 e. The van der Waals surface area contributed by atoms with Crippen LogP contribution in [0.25, 0.3) is 0 Å². The van der Waals surface area contributed by atoms with Gasteiger partial charge in [-0.05, 0) is 41.2 Å². The van der Waals surface area contributed by atoms with Crippen molar-refractivity contribution in [3.05, 3.63) is 56.7 Å². The number of halogens is 1. The number of nitrogens with zero attached hydrogens (tertiary/aromatic N) is 2. The maximum absolute atomic E-state index is 12.2. The van der Waals surface area contributed by atoms with Gasteiger partial charge in [0, 0.05) is 10.5 Å². The van der Waals surface area contributed by atoms with Crippen LogP contribution in [0.2, 0.25) is 0 Å². The Balaban J connectivity index is 2.23. The molecule has 0 radical (unpaired) electrons. The van der Waals surface area contributed by atoms with Crippen molar-refractivity contribution in [2.24, 2.45) is 0 Å². The number of hydrogen-bond donors (Lipinski definition) is 0. The molecule has 0 aliphatic rings. The Labute approximate surface area is 129 Å². The maximum atomic E-state index is 12.2. The van der Waals surface area contributed by atoms with Crippen molar-refractivity contribution in [1.29, 1.82) is 0 Å². The minimum absolute atomic E-state index is 0.0106. The van der Waals surface area contributed by atoms with Crippen molar-refractivity contribution < 1.29 is 4.79 Å². The summed E-state index contributed by atoms with van der Waals surface area (Å²) in [5.41, 5.74) is 0.959. The molecule has 2 rings (SSSR count). The van der Waals surface area contributed by atoms with E-state index in [1.807, 2.05) is 18.4 Å². The highest BCUT2D eigenvalue weighted by Gasteiger charge is 2.11. The zero-order valence-corrected chi connectivity index (χ0v) is 13.5. The van der Waals surface area contributed by atoms with E-state index in [1.54, 1.807) is 30.8 Å². The molecule has 0 amide bonds. The number of Topliss-reactive ketones (excluding diaryl/α,β-unsaturated/α-hetero) is 1. The number of ketones is 1. The summed E-state index contributed by atoms with van der Waals surface area (Å²) in [6, 6.07) is 7.33. The molecule has 0 aliphatic heterocycles. The largest absolute Gasteiger partial charge is 0.292 e. The number of aromatic nitrogens is 2. The van der Waals surface area contributed by atoms with Gasteiger partial charge in [0.1, 0.15) is 4.47 Å². The van der Waals surface area contributed by atoms with Gasteiger partial charge in [-0.1, -0.05) is 12.1 Å². The molecule has 104 valence electrons. The fourth-order valence-corrected chi connectivity index (χ4v) is 2.42. The van der Waals surface area contributed by atoms with Crippen LogP contribution in [0, 0.1) is 6.92 Å². The number of thioether (sulfide) groups is 1. The predicted molar refractivity (Wildman–Crippen MR) is 83.5 cm³/mol. The van der Waals surface area contributed by atoms with Gasteiger partial charge in [0.15, 0.2) is 5.78 Å². The Morgan fingerprint density at radius 2 is 2.00 bits per heavy atom. The number of benzene rings is 1. The Kier molecular flexibility index (Phi) is 4.77. The summed E-state index contributed by atoms with van der Waals surface area (Å²) in [5, 5.41) is 0. The van der Waals surface area contributed by atoms with Crippen LogP contribution >= 0.6 is 27.7 Å². The molecule has 0 fully saturated rings. The molecule has 1 heterocycles. The molecular weight excluding hydrogens is 340 g/mol. The van der Waals surface area contributed by atoms with E-state index in [-0.39, 0.29) is 17.9 Å². The lowest BCUT2D eigenvalue weighted by atomic mass is 10.1. The van der Waals surface area contributed by atoms with Crippen molar-refractivity contribution in [3.8, 4) is 0 Å². The third-order valence-corrected chi connectivity index (χ3v) is 4.54. The average molecular weight is 353 g/mol. The van der Waals surface area contributed by atoms with Crippen LogP contribution in [0.15, 0.2) is 44.8 Å². The summed E-state index contributed by atoms with van der Waals surface area (Å²) in [4.78, 5) is 29.3. The quantitative estimate of drug-likeness (QED) is 0.627. The lowest BCUT2D eigenvalue weighted by Gasteiger charge is -2.06. The molecule has 0 N–H and O–H groups in total. The normalized spacial score (nSPS) is 10.6. The number of rotatable bonds is 4. The number of aryl methyl sites for hydroxylation is 1. The van der Waals surface area contributed by atoms with Crippen molar-refractivity contribution in [2.45, 2.75) is 18.4 Å². The van der Waals surface area contributed by atoms with Crippen LogP contribution in [0.1, 0.15) is 16.1 Å². The molecule has 0 aliphatic carbocycles. The molecule has 0 unspecified atom stereocenters. The third kappa shape index (κ3) is 3.19. The summed E-state index contributed by atoms with van der Waals surface area (Å²) in [6.07, 6.45) is 3.38. The van der Waals surface area contributed by atoms with Crippen LogP contribution in [0.5, 0.6) is 0 Å². The molecule has 20 heavy (non-hydrogen) atoms. The first-order valence-electron chi connectivity index (χ1n) is 5.91. The topological polar surface area (TPSA) is 52.0 Å². The molecular formula is C14H13BrN2O2S. The lowest BCUT2D eigenvalue weighted by Crippen LogP contribution is -2.25. The third-order valence-electron chi connectivity index (χ3n) is 2.88. The van der Waals surface area contributed by atoms with Crippen molar-refractivity contribution in [2.75, 3.05) is 6.26 Å². The zero-order valence-electron chi connectivity index (χ0n) is 11.1.